The first-order valence-corrected chi connectivity index (χ1v) is 14.6. The molecule has 3 aromatic rings. The van der Waals surface area contributed by atoms with E-state index in [1.165, 1.54) is 34.7 Å². The standard InChI is InChI=1S/C30H25IN2O8/c31-16-38-29(34)25-15-24-22-6-2-1-4-18(22)5-3-7-23(24)28(19-8-13-26-27(14-19)40-17-39-26)32(25)30(35)41-21-11-9-20(10-12-21)33(36)37/h1-2,4,6,8-14,25,28H,3,5,7,15-17H2/t25-,28-/m1/s1. The summed E-state index contributed by atoms with van der Waals surface area (Å²) in [7, 11) is 0. The van der Waals surface area contributed by atoms with Gasteiger partial charge in [0.05, 0.1) is 11.0 Å². The highest BCUT2D eigenvalue weighted by Crippen LogP contribution is 2.49. The molecule has 210 valence electrons. The number of benzene rings is 3. The summed E-state index contributed by atoms with van der Waals surface area (Å²) in [5.41, 5.74) is 4.93. The Balaban J connectivity index is 1.49. The molecule has 0 unspecified atom stereocenters. The maximum Gasteiger partial charge on any atom is 0.416 e. The SMILES string of the molecule is O=C(OCI)[C@H]1CC2=C(CCCc3ccccc32)[C@@H](c2ccc3c(c2)OCO3)N1C(=O)Oc1ccc([N+](=O)[O-])cc1. The summed E-state index contributed by atoms with van der Waals surface area (Å²) in [4.78, 5) is 39.5. The molecular weight excluding hydrogens is 643 g/mol. The molecule has 0 aromatic heterocycles. The van der Waals surface area contributed by atoms with E-state index >= 15 is 0 Å². The predicted molar refractivity (Wildman–Crippen MR) is 156 cm³/mol. The Kier molecular flexibility index (Phi) is 7.52. The lowest BCUT2D eigenvalue weighted by Gasteiger charge is -2.42. The first kappa shape index (κ1) is 27.1. The normalized spacial score (nSPS) is 19.1. The van der Waals surface area contributed by atoms with E-state index in [4.69, 9.17) is 18.9 Å². The molecule has 2 heterocycles. The van der Waals surface area contributed by atoms with Crippen molar-refractivity contribution >= 4 is 45.9 Å². The van der Waals surface area contributed by atoms with E-state index in [9.17, 15) is 19.7 Å². The van der Waals surface area contributed by atoms with E-state index in [1.807, 2.05) is 46.9 Å². The molecule has 6 rings (SSSR count). The van der Waals surface area contributed by atoms with Crippen LogP contribution in [-0.4, -0.2) is 39.3 Å². The number of nitro benzene ring substituents is 1. The van der Waals surface area contributed by atoms with Crippen molar-refractivity contribution in [1.82, 2.24) is 4.90 Å². The Morgan fingerprint density at radius 1 is 1.02 bits per heavy atom. The number of nitrogens with zero attached hydrogens (tertiary/aromatic N) is 2. The minimum atomic E-state index is -0.976. The number of rotatable bonds is 5. The molecule has 1 amide bonds. The van der Waals surface area contributed by atoms with E-state index in [2.05, 4.69) is 12.1 Å². The number of carbonyl (C=O) groups is 2. The number of non-ortho nitro benzene ring substituents is 1. The van der Waals surface area contributed by atoms with Gasteiger partial charge in [0.15, 0.2) is 11.5 Å². The monoisotopic (exact) mass is 668 g/mol. The summed E-state index contributed by atoms with van der Waals surface area (Å²) in [5.74, 6) is 0.737. The highest BCUT2D eigenvalue weighted by molar-refractivity contribution is 14.1. The summed E-state index contributed by atoms with van der Waals surface area (Å²) in [6.07, 6.45) is 1.94. The van der Waals surface area contributed by atoms with E-state index < -0.39 is 29.1 Å². The summed E-state index contributed by atoms with van der Waals surface area (Å²) in [5, 5.41) is 11.1. The second-order valence-corrected chi connectivity index (χ2v) is 10.5. The van der Waals surface area contributed by atoms with Crippen molar-refractivity contribution in [2.75, 3.05) is 11.4 Å². The van der Waals surface area contributed by atoms with Crippen LogP contribution in [0.15, 0.2) is 72.3 Å². The zero-order valence-corrected chi connectivity index (χ0v) is 23.9. The van der Waals surface area contributed by atoms with Crippen LogP contribution in [0, 0.1) is 10.1 Å². The molecule has 10 nitrogen and oxygen atoms in total. The highest BCUT2D eigenvalue weighted by Gasteiger charge is 2.46. The fraction of sp³-hybridized carbons (Fsp3) is 0.267. The maximum absolute atomic E-state index is 14.0. The van der Waals surface area contributed by atoms with Crippen LogP contribution < -0.4 is 14.2 Å². The van der Waals surface area contributed by atoms with Crippen LogP contribution in [0.2, 0.25) is 0 Å². The van der Waals surface area contributed by atoms with Crippen LogP contribution in [0.5, 0.6) is 17.2 Å². The van der Waals surface area contributed by atoms with Gasteiger partial charge in [0.2, 0.25) is 6.79 Å². The number of esters is 1. The Labute approximate surface area is 249 Å². The van der Waals surface area contributed by atoms with Gasteiger partial charge in [-0.1, -0.05) is 30.3 Å². The molecule has 3 aromatic carbocycles. The molecule has 2 aliphatic heterocycles. The molecular formula is C30H25IN2O8. The molecule has 1 aliphatic carbocycles. The van der Waals surface area contributed by atoms with Gasteiger partial charge < -0.3 is 18.9 Å². The van der Waals surface area contributed by atoms with Gasteiger partial charge >= 0.3 is 12.1 Å². The fourth-order valence-electron chi connectivity index (χ4n) is 5.82. The number of aryl methyl sites for hydroxylation is 1. The van der Waals surface area contributed by atoms with Crippen LogP contribution in [0.3, 0.4) is 0 Å². The van der Waals surface area contributed by atoms with Gasteiger partial charge in [0, 0.05) is 18.6 Å². The van der Waals surface area contributed by atoms with Crippen LogP contribution in [-0.2, 0) is 16.0 Å². The number of carbonyl (C=O) groups excluding carboxylic acids is 2. The first-order valence-electron chi connectivity index (χ1n) is 13.1. The van der Waals surface area contributed by atoms with Crippen LogP contribution in [0.4, 0.5) is 10.5 Å². The van der Waals surface area contributed by atoms with Crippen molar-refractivity contribution < 1.29 is 33.5 Å². The third-order valence-electron chi connectivity index (χ3n) is 7.61. The number of nitro groups is 1. The maximum atomic E-state index is 14.0. The molecule has 0 fully saturated rings. The number of fused-ring (bicyclic) bond motifs is 3. The van der Waals surface area contributed by atoms with Crippen molar-refractivity contribution in [3.8, 4) is 17.2 Å². The van der Waals surface area contributed by atoms with Crippen molar-refractivity contribution in [2.24, 2.45) is 0 Å². The van der Waals surface area contributed by atoms with E-state index in [1.54, 1.807) is 6.07 Å². The first-order chi connectivity index (χ1) is 19.9. The average molecular weight is 668 g/mol. The van der Waals surface area contributed by atoms with Crippen molar-refractivity contribution in [3.63, 3.8) is 0 Å². The van der Waals surface area contributed by atoms with Gasteiger partial charge in [-0.3, -0.25) is 15.0 Å². The smallest absolute Gasteiger partial charge is 0.416 e. The summed E-state index contributed by atoms with van der Waals surface area (Å²) in [6.45, 7) is 0.0985. The third kappa shape index (κ3) is 5.21. The molecule has 0 N–H and O–H groups in total. The van der Waals surface area contributed by atoms with Crippen molar-refractivity contribution in [2.45, 2.75) is 37.8 Å². The molecule has 3 aliphatic rings. The van der Waals surface area contributed by atoms with Crippen LogP contribution >= 0.6 is 22.6 Å². The van der Waals surface area contributed by atoms with Crippen molar-refractivity contribution in [3.05, 3.63) is 99.1 Å². The topological polar surface area (TPSA) is 117 Å². The highest BCUT2D eigenvalue weighted by atomic mass is 127. The molecule has 0 saturated heterocycles. The van der Waals surface area contributed by atoms with Crippen LogP contribution in [0.25, 0.3) is 5.57 Å². The second kappa shape index (κ2) is 11.4. The van der Waals surface area contributed by atoms with E-state index in [-0.39, 0.29) is 29.3 Å². The second-order valence-electron chi connectivity index (χ2n) is 9.85. The lowest BCUT2D eigenvalue weighted by molar-refractivity contribution is -0.384. The number of hydrogen-bond donors (Lipinski definition) is 0. The number of hydrogen-bond acceptors (Lipinski definition) is 8. The fourth-order valence-corrected chi connectivity index (χ4v) is 6.13. The number of amides is 1. The van der Waals surface area contributed by atoms with Gasteiger partial charge in [0.25, 0.3) is 5.69 Å². The summed E-state index contributed by atoms with van der Waals surface area (Å²) >= 11 is 1.96. The molecule has 0 bridgehead atoms. The third-order valence-corrected chi connectivity index (χ3v) is 7.92. The molecule has 41 heavy (non-hydrogen) atoms. The minimum absolute atomic E-state index is 0.0985. The average Bonchev–Trinajstić information content (AvgIpc) is 3.37. The Morgan fingerprint density at radius 3 is 2.59 bits per heavy atom. The Hall–Kier alpha value is -4.13. The Morgan fingerprint density at radius 2 is 1.80 bits per heavy atom. The zero-order valence-electron chi connectivity index (χ0n) is 21.8. The molecule has 11 heteroatoms. The zero-order chi connectivity index (χ0) is 28.5. The van der Waals surface area contributed by atoms with Gasteiger partial charge in [0.1, 0.15) is 16.4 Å². The van der Waals surface area contributed by atoms with E-state index in [0.717, 1.165) is 35.1 Å². The van der Waals surface area contributed by atoms with Gasteiger partial charge in [-0.25, -0.2) is 9.59 Å². The number of ether oxygens (including phenoxy) is 4. The quantitative estimate of drug-likeness (QED) is 0.101. The van der Waals surface area contributed by atoms with Crippen molar-refractivity contribution in [1.29, 1.82) is 0 Å². The summed E-state index contributed by atoms with van der Waals surface area (Å²) in [6, 6.07) is 17.3. The largest absolute Gasteiger partial charge is 0.454 e. The molecule has 2 atom stereocenters. The number of halogens is 1. The summed E-state index contributed by atoms with van der Waals surface area (Å²) < 4.78 is 22.5. The molecule has 0 radical (unpaired) electrons. The van der Waals surface area contributed by atoms with Gasteiger partial charge in [-0.05, 0) is 94.0 Å². The minimum Gasteiger partial charge on any atom is -0.454 e. The Bertz CT molecular complexity index is 1550. The van der Waals surface area contributed by atoms with E-state index in [0.29, 0.717) is 17.9 Å². The van der Waals surface area contributed by atoms with Gasteiger partial charge in [-0.15, -0.1) is 0 Å². The molecule has 0 saturated carbocycles. The lowest BCUT2D eigenvalue weighted by atomic mass is 9.80. The molecule has 0 spiro atoms. The van der Waals surface area contributed by atoms with Crippen LogP contribution in [0.1, 0.15) is 42.0 Å². The predicted octanol–water partition coefficient (Wildman–Crippen LogP) is 6.36. The number of alkyl halides is 1. The lowest BCUT2D eigenvalue weighted by Crippen LogP contribution is -2.51. The van der Waals surface area contributed by atoms with Gasteiger partial charge in [-0.2, -0.15) is 0 Å².